The van der Waals surface area contributed by atoms with Crippen LogP contribution in [0.3, 0.4) is 0 Å². The average molecular weight is 417 g/mol. The van der Waals surface area contributed by atoms with Crippen LogP contribution in [0.15, 0.2) is 47.4 Å². The van der Waals surface area contributed by atoms with E-state index in [9.17, 15) is 9.59 Å². The summed E-state index contributed by atoms with van der Waals surface area (Å²) in [6.45, 7) is 0.978. The summed E-state index contributed by atoms with van der Waals surface area (Å²) in [4.78, 5) is 25.4. The summed E-state index contributed by atoms with van der Waals surface area (Å²) in [6, 6.07) is 13.1. The van der Waals surface area contributed by atoms with Crippen molar-refractivity contribution in [2.45, 2.75) is 11.3 Å². The summed E-state index contributed by atoms with van der Waals surface area (Å²) >= 11 is 1.73. The van der Waals surface area contributed by atoms with Crippen molar-refractivity contribution in [2.75, 3.05) is 39.2 Å². The second-order valence-corrected chi connectivity index (χ2v) is 7.31. The van der Waals surface area contributed by atoms with Crippen LogP contribution >= 0.6 is 11.8 Å². The Balaban J connectivity index is 1.40. The lowest BCUT2D eigenvalue weighted by Gasteiger charge is -2.21. The number of carbonyl (C=O) groups is 2. The maximum Gasteiger partial charge on any atom is 0.338 e. The molecule has 0 unspecified atom stereocenters. The van der Waals surface area contributed by atoms with Gasteiger partial charge in [-0.3, -0.25) is 4.79 Å². The maximum absolute atomic E-state index is 12.3. The van der Waals surface area contributed by atoms with Gasteiger partial charge in [0.05, 0.1) is 12.7 Å². The smallest absolute Gasteiger partial charge is 0.338 e. The van der Waals surface area contributed by atoms with Gasteiger partial charge in [-0.25, -0.2) is 4.79 Å². The molecule has 0 atom stereocenters. The molecule has 0 saturated carbocycles. The van der Waals surface area contributed by atoms with Crippen LogP contribution in [0.2, 0.25) is 0 Å². The minimum absolute atomic E-state index is 0.234. The first-order valence-corrected chi connectivity index (χ1v) is 10.2. The van der Waals surface area contributed by atoms with Crippen LogP contribution in [-0.2, 0) is 9.53 Å². The monoisotopic (exact) mass is 417 g/mol. The van der Waals surface area contributed by atoms with E-state index in [1.54, 1.807) is 11.8 Å². The Morgan fingerprint density at radius 1 is 1.14 bits per heavy atom. The molecule has 0 aromatic heterocycles. The van der Waals surface area contributed by atoms with Crippen LogP contribution in [0.4, 0.5) is 0 Å². The normalized spacial score (nSPS) is 12.2. The van der Waals surface area contributed by atoms with E-state index >= 15 is 0 Å². The molecular formula is C21H23NO6S. The van der Waals surface area contributed by atoms with Crippen molar-refractivity contribution in [3.05, 3.63) is 48.0 Å². The van der Waals surface area contributed by atoms with E-state index in [4.69, 9.17) is 18.9 Å². The van der Waals surface area contributed by atoms with Crippen molar-refractivity contribution in [2.24, 2.45) is 0 Å². The highest BCUT2D eigenvalue weighted by atomic mass is 32.2. The Kier molecular flexibility index (Phi) is 7.63. The largest absolute Gasteiger partial charge is 0.493 e. The number of ether oxygens (including phenoxy) is 4. The van der Waals surface area contributed by atoms with Gasteiger partial charge in [0.1, 0.15) is 13.2 Å². The van der Waals surface area contributed by atoms with Gasteiger partial charge >= 0.3 is 5.97 Å². The Labute approximate surface area is 173 Å². The maximum atomic E-state index is 12.3. The number of thioether (sulfide) groups is 1. The van der Waals surface area contributed by atoms with Crippen LogP contribution in [0.5, 0.6) is 17.2 Å². The third-order valence-electron chi connectivity index (χ3n) is 4.05. The van der Waals surface area contributed by atoms with Crippen LogP contribution in [0, 0.1) is 0 Å². The van der Waals surface area contributed by atoms with Gasteiger partial charge in [0, 0.05) is 11.4 Å². The second-order valence-electron chi connectivity index (χ2n) is 6.14. The lowest BCUT2D eigenvalue weighted by Crippen LogP contribution is -2.29. The van der Waals surface area contributed by atoms with Gasteiger partial charge in [-0.15, -0.1) is 11.8 Å². The predicted octanol–water partition coefficient (Wildman–Crippen LogP) is 2.92. The van der Waals surface area contributed by atoms with E-state index in [2.05, 4.69) is 17.4 Å². The number of esters is 1. The third-order valence-corrected chi connectivity index (χ3v) is 5.15. The van der Waals surface area contributed by atoms with Crippen LogP contribution in [0.1, 0.15) is 16.8 Å². The number of nitrogens with one attached hydrogen (secondary N) is 1. The van der Waals surface area contributed by atoms with Crippen molar-refractivity contribution in [3.63, 3.8) is 0 Å². The van der Waals surface area contributed by atoms with Gasteiger partial charge < -0.3 is 24.3 Å². The number of hydrogen-bond donors (Lipinski definition) is 1. The summed E-state index contributed by atoms with van der Waals surface area (Å²) in [7, 11) is 1.48. The first kappa shape index (κ1) is 20.9. The fourth-order valence-electron chi connectivity index (χ4n) is 2.66. The average Bonchev–Trinajstić information content (AvgIpc) is 2.77. The second kappa shape index (κ2) is 10.6. The highest BCUT2D eigenvalue weighted by Crippen LogP contribution is 2.40. The number of benzene rings is 2. The molecule has 2 aromatic rings. The first-order valence-electron chi connectivity index (χ1n) is 9.26. The SMILES string of the molecule is COc1cc(C(=O)OCC(=O)NCCCSc2ccccc2)cc2c1OCCO2. The summed E-state index contributed by atoms with van der Waals surface area (Å²) in [6.07, 6.45) is 0.818. The van der Waals surface area contributed by atoms with Gasteiger partial charge in [0.15, 0.2) is 18.1 Å². The number of amides is 1. The molecule has 29 heavy (non-hydrogen) atoms. The number of carbonyl (C=O) groups excluding carboxylic acids is 2. The molecular weight excluding hydrogens is 394 g/mol. The minimum Gasteiger partial charge on any atom is -0.493 e. The van der Waals surface area contributed by atoms with E-state index in [1.165, 1.54) is 24.1 Å². The molecule has 154 valence electrons. The Hall–Kier alpha value is -2.87. The summed E-state index contributed by atoms with van der Waals surface area (Å²) in [5.74, 6) is 1.18. The molecule has 1 heterocycles. The summed E-state index contributed by atoms with van der Waals surface area (Å²) in [5.41, 5.74) is 0.234. The number of rotatable bonds is 9. The molecule has 7 nitrogen and oxygen atoms in total. The lowest BCUT2D eigenvalue weighted by molar-refractivity contribution is -0.124. The number of fused-ring (bicyclic) bond motifs is 1. The fraction of sp³-hybridized carbons (Fsp3) is 0.333. The van der Waals surface area contributed by atoms with Crippen molar-refractivity contribution >= 4 is 23.6 Å². The molecule has 3 rings (SSSR count). The Bertz CT molecular complexity index is 825. The van der Waals surface area contributed by atoms with E-state index in [0.717, 1.165) is 12.2 Å². The van der Waals surface area contributed by atoms with Gasteiger partial charge in [-0.1, -0.05) is 18.2 Å². The first-order chi connectivity index (χ1) is 14.2. The van der Waals surface area contributed by atoms with Crippen molar-refractivity contribution in [1.29, 1.82) is 0 Å². The molecule has 2 aromatic carbocycles. The Morgan fingerprint density at radius 2 is 1.93 bits per heavy atom. The lowest BCUT2D eigenvalue weighted by atomic mass is 10.1. The van der Waals surface area contributed by atoms with Crippen LogP contribution in [0.25, 0.3) is 0 Å². The standard InChI is InChI=1S/C21H23NO6S/c1-25-17-12-15(13-18-20(17)27-10-9-26-18)21(24)28-14-19(23)22-8-5-11-29-16-6-3-2-4-7-16/h2-4,6-7,12-13H,5,8-11,14H2,1H3,(H,22,23). The highest BCUT2D eigenvalue weighted by molar-refractivity contribution is 7.99. The minimum atomic E-state index is -0.630. The summed E-state index contributed by atoms with van der Waals surface area (Å²) < 4.78 is 21.3. The zero-order valence-corrected chi connectivity index (χ0v) is 17.0. The molecule has 0 aliphatic carbocycles. The molecule has 1 aliphatic heterocycles. The number of hydrogen-bond acceptors (Lipinski definition) is 7. The zero-order valence-electron chi connectivity index (χ0n) is 16.1. The van der Waals surface area contributed by atoms with Gasteiger partial charge in [0.2, 0.25) is 5.75 Å². The van der Waals surface area contributed by atoms with Crippen molar-refractivity contribution in [1.82, 2.24) is 5.32 Å². The van der Waals surface area contributed by atoms with Gasteiger partial charge in [-0.05, 0) is 36.4 Å². The molecule has 0 fully saturated rings. The van der Waals surface area contributed by atoms with E-state index in [-0.39, 0.29) is 18.1 Å². The van der Waals surface area contributed by atoms with Crippen LogP contribution in [-0.4, -0.2) is 51.1 Å². The fourth-order valence-corrected chi connectivity index (χ4v) is 3.54. The highest BCUT2D eigenvalue weighted by Gasteiger charge is 2.21. The van der Waals surface area contributed by atoms with E-state index in [0.29, 0.717) is 37.0 Å². The van der Waals surface area contributed by atoms with Gasteiger partial charge in [-0.2, -0.15) is 0 Å². The molecule has 0 bridgehead atoms. The number of methoxy groups -OCH3 is 1. The van der Waals surface area contributed by atoms with Crippen molar-refractivity contribution < 1.29 is 28.5 Å². The molecule has 0 spiro atoms. The molecule has 8 heteroatoms. The zero-order chi connectivity index (χ0) is 20.5. The quantitative estimate of drug-likeness (QED) is 0.382. The molecule has 0 radical (unpaired) electrons. The van der Waals surface area contributed by atoms with E-state index < -0.39 is 5.97 Å². The molecule has 0 saturated heterocycles. The summed E-state index contributed by atoms with van der Waals surface area (Å²) in [5, 5.41) is 2.75. The molecule has 1 N–H and O–H groups in total. The van der Waals surface area contributed by atoms with Crippen molar-refractivity contribution in [3.8, 4) is 17.2 Å². The predicted molar refractivity (Wildman–Crippen MR) is 109 cm³/mol. The topological polar surface area (TPSA) is 83.1 Å². The third kappa shape index (κ3) is 6.05. The van der Waals surface area contributed by atoms with Crippen LogP contribution < -0.4 is 19.5 Å². The molecule has 1 amide bonds. The van der Waals surface area contributed by atoms with Gasteiger partial charge in [0.25, 0.3) is 5.91 Å². The molecule has 1 aliphatic rings. The Morgan fingerprint density at radius 3 is 2.72 bits per heavy atom. The van der Waals surface area contributed by atoms with E-state index in [1.807, 2.05) is 18.2 Å².